The third-order valence-electron chi connectivity index (χ3n) is 13.9. The first-order valence-electron chi connectivity index (χ1n) is 27.9. The van der Waals surface area contributed by atoms with Gasteiger partial charge in [-0.05, 0) is 74.3 Å². The van der Waals surface area contributed by atoms with Gasteiger partial charge in [-0.3, -0.25) is 0 Å². The van der Waals surface area contributed by atoms with E-state index in [1.165, 1.54) is 0 Å². The van der Waals surface area contributed by atoms with E-state index >= 15 is 0 Å². The van der Waals surface area contributed by atoms with Crippen LogP contribution in [0, 0.1) is 37.1 Å². The van der Waals surface area contributed by atoms with E-state index in [4.69, 9.17) is 38.9 Å². The SMILES string of the molecule is CCCCOCC[n+]1ccccc1-c1c2nc(c(-c3cccc[n+]3CCOCCCC)c3ccc([n-]3)c(-c3cccc[n+]3CCOCCCC)c3nc(c(-c4cccc[n+]4CCOCCCC)c4ccc1[n-]4)C=C3)C=C2.[CH3-].[CH3-].[CH3-].[CH3-].[CH3-].[Mn+2]. The van der Waals surface area contributed by atoms with Crippen molar-refractivity contribution < 1.29 is 54.3 Å². The van der Waals surface area contributed by atoms with Crippen LogP contribution in [-0.2, 0) is 62.2 Å². The number of fused-ring (bicyclic) bond motifs is 8. The van der Waals surface area contributed by atoms with Gasteiger partial charge in [-0.2, -0.15) is 18.3 Å². The minimum Gasteiger partial charge on any atom is -0.656 e. The smallest absolute Gasteiger partial charge is 0.656 e. The molecule has 1 radical (unpaired) electrons. The second-order valence-corrected chi connectivity index (χ2v) is 19.3. The average Bonchev–Trinajstić information content (AvgIpc) is 4.39. The first-order chi connectivity index (χ1) is 37.6. The van der Waals surface area contributed by atoms with E-state index < -0.39 is 0 Å². The van der Waals surface area contributed by atoms with Crippen molar-refractivity contribution in [3.63, 3.8) is 0 Å². The summed E-state index contributed by atoms with van der Waals surface area (Å²) in [6.45, 7) is 16.7. The number of hydrogen-bond acceptors (Lipinski definition) is 6. The van der Waals surface area contributed by atoms with E-state index in [0.717, 1.165) is 168 Å². The summed E-state index contributed by atoms with van der Waals surface area (Å²) in [5.41, 5.74) is 14.1. The zero-order valence-corrected chi connectivity index (χ0v) is 51.8. The maximum atomic E-state index is 6.17. The topological polar surface area (TPSA) is 106 Å². The van der Waals surface area contributed by atoms with Gasteiger partial charge in [-0.15, -0.1) is 22.1 Å². The summed E-state index contributed by atoms with van der Waals surface area (Å²) in [4.78, 5) is 22.6. The number of hydrogen-bond donors (Lipinski definition) is 0. The number of pyridine rings is 4. The van der Waals surface area contributed by atoms with Crippen LogP contribution >= 0.6 is 0 Å². The van der Waals surface area contributed by atoms with Crippen molar-refractivity contribution in [2.45, 2.75) is 105 Å². The normalized spacial score (nSPS) is 11.2. The summed E-state index contributed by atoms with van der Waals surface area (Å²) in [6, 6.07) is 34.0. The fraction of sp³-hybridized carbons (Fsp3) is 0.348. The fourth-order valence-electron chi connectivity index (χ4n) is 9.78. The van der Waals surface area contributed by atoms with Gasteiger partial charge in [0.05, 0.1) is 45.0 Å². The van der Waals surface area contributed by atoms with E-state index in [2.05, 4.69) is 192 Å². The Hall–Kier alpha value is -6.44. The molecule has 2 aliphatic heterocycles. The van der Waals surface area contributed by atoms with E-state index in [9.17, 15) is 0 Å². The van der Waals surface area contributed by atoms with Crippen LogP contribution in [0.4, 0.5) is 0 Å². The second kappa shape index (κ2) is 36.2. The third-order valence-corrected chi connectivity index (χ3v) is 13.9. The van der Waals surface area contributed by atoms with Crippen molar-refractivity contribution in [3.05, 3.63) is 182 Å². The zero-order valence-electron chi connectivity index (χ0n) is 50.6. The fourth-order valence-corrected chi connectivity index (χ4v) is 9.78. The van der Waals surface area contributed by atoms with Crippen molar-refractivity contribution in [1.82, 2.24) is 19.9 Å². The number of rotatable bonds is 28. The molecule has 2 aliphatic rings. The van der Waals surface area contributed by atoms with Crippen LogP contribution in [0.2, 0.25) is 0 Å². The number of nitrogens with zero attached hydrogens (tertiary/aromatic N) is 8. The van der Waals surface area contributed by atoms with Gasteiger partial charge in [0, 0.05) is 75.0 Å². The minimum atomic E-state index is 0. The van der Waals surface area contributed by atoms with E-state index in [-0.39, 0.29) is 54.2 Å². The van der Waals surface area contributed by atoms with Crippen LogP contribution in [0.15, 0.2) is 122 Å². The molecular weight excluding hydrogens is 1060 g/mol. The molecule has 0 N–H and O–H groups in total. The largest absolute Gasteiger partial charge is 2.00 e. The molecule has 82 heavy (non-hydrogen) atoms. The molecule has 0 saturated carbocycles. The Kier molecular flexibility index (Phi) is 30.8. The third kappa shape index (κ3) is 17.3. The van der Waals surface area contributed by atoms with Crippen LogP contribution < -0.4 is 28.2 Å². The van der Waals surface area contributed by atoms with Gasteiger partial charge in [0.2, 0.25) is 22.8 Å². The van der Waals surface area contributed by atoms with Crippen LogP contribution in [0.3, 0.4) is 0 Å². The van der Waals surface area contributed by atoms with Crippen molar-refractivity contribution in [2.75, 3.05) is 52.9 Å². The average molecular weight is 1150 g/mol. The first kappa shape index (κ1) is 69.8. The Morgan fingerprint density at radius 2 is 0.561 bits per heavy atom. The molecule has 0 amide bonds. The molecule has 7 aromatic heterocycles. The number of aromatic nitrogens is 8. The molecule has 0 aromatic carbocycles. The van der Waals surface area contributed by atoms with Gasteiger partial charge in [0.25, 0.3) is 0 Å². The summed E-state index contributed by atoms with van der Waals surface area (Å²) in [7, 11) is 0. The van der Waals surface area contributed by atoms with Crippen molar-refractivity contribution in [2.24, 2.45) is 0 Å². The van der Waals surface area contributed by atoms with Gasteiger partial charge in [0.15, 0.2) is 51.0 Å². The summed E-state index contributed by atoms with van der Waals surface area (Å²) in [5, 5.41) is 0. The molecule has 0 unspecified atom stereocenters. The predicted octanol–water partition coefficient (Wildman–Crippen LogP) is 13.2. The first-order valence-corrected chi connectivity index (χ1v) is 27.9. The molecule has 0 spiro atoms. The second-order valence-electron chi connectivity index (χ2n) is 19.3. The van der Waals surface area contributed by atoms with Crippen LogP contribution in [0.1, 0.15) is 102 Å². The molecule has 0 saturated heterocycles. The quantitative estimate of drug-likeness (QED) is 0.0207. The van der Waals surface area contributed by atoms with E-state index in [1.54, 1.807) is 0 Å². The summed E-state index contributed by atoms with van der Waals surface area (Å²) in [6.07, 6.45) is 25.6. The summed E-state index contributed by atoms with van der Waals surface area (Å²) < 4.78 is 33.7. The molecule has 8 bridgehead atoms. The van der Waals surface area contributed by atoms with Crippen LogP contribution in [0.5, 0.6) is 0 Å². The van der Waals surface area contributed by atoms with Crippen molar-refractivity contribution in [1.29, 1.82) is 0 Å². The number of unbranched alkanes of at least 4 members (excludes halogenated alkanes) is 4. The summed E-state index contributed by atoms with van der Waals surface area (Å²) >= 11 is 0. The van der Waals surface area contributed by atoms with Crippen molar-refractivity contribution >= 4 is 46.4 Å². The molecule has 7 aromatic rings. The monoisotopic (exact) mass is 1150 g/mol. The van der Waals surface area contributed by atoms with Gasteiger partial charge in [-0.25, -0.2) is 9.97 Å². The van der Waals surface area contributed by atoms with Gasteiger partial charge >= 0.3 is 17.1 Å². The number of ether oxygens (including phenoxy) is 4. The zero-order chi connectivity index (χ0) is 52.3. The molecule has 0 aliphatic carbocycles. The molecule has 9 heterocycles. The van der Waals surface area contributed by atoms with Crippen LogP contribution in [-0.4, -0.2) is 62.8 Å². The molecule has 13 heteroatoms. The molecule has 439 valence electrons. The Labute approximate surface area is 502 Å². The minimum absolute atomic E-state index is 0. The van der Waals surface area contributed by atoms with Crippen molar-refractivity contribution in [3.8, 4) is 45.0 Å². The molecule has 12 nitrogen and oxygen atoms in total. The Bertz CT molecular complexity index is 2850. The van der Waals surface area contributed by atoms with E-state index in [0.29, 0.717) is 52.6 Å². The maximum Gasteiger partial charge on any atom is 2.00 e. The van der Waals surface area contributed by atoms with E-state index in [1.807, 2.05) is 0 Å². The standard InChI is InChI=1S/C64H76N8O4.5CH3.Mn/c1-5-9-41-73-45-37-69-33-17-13-21-57(69)61-49-25-27-51(65-49)62(58-22-14-18-34-70(58)38-46-74-42-10-6-2)53-29-31-55(67-53)64(60-24-16-20-36-72(60)40-48-76-44-12-8-4)56-32-30-54(68-56)63(52-28-26-50(61)66-52)59-23-15-19-35-71(59)39-47-75-43-11-7-3;;;;;;/h13-36H,5-12,37-48H2,1-4H3;5*1H3;/q+2;5*-1;+2. The molecule has 0 atom stereocenters. The van der Waals surface area contributed by atoms with Gasteiger partial charge in [-0.1, -0.05) is 77.6 Å². The molecule has 9 rings (SSSR count). The Balaban J connectivity index is 0.00000294. The Morgan fingerprint density at radius 1 is 0.329 bits per heavy atom. The van der Waals surface area contributed by atoms with Gasteiger partial charge < -0.3 is 66.0 Å². The molecule has 0 fully saturated rings. The Morgan fingerprint density at radius 3 is 0.780 bits per heavy atom. The van der Waals surface area contributed by atoms with Gasteiger partial charge in [0.1, 0.15) is 26.4 Å². The van der Waals surface area contributed by atoms with Crippen LogP contribution in [0.25, 0.3) is 91.4 Å². The summed E-state index contributed by atoms with van der Waals surface area (Å²) in [5.74, 6) is 0. The maximum absolute atomic E-state index is 6.17. The predicted molar refractivity (Wildman–Crippen MR) is 334 cm³/mol. The molecular formula is C69H91MnN8O4-.